The first-order valence-electron chi connectivity index (χ1n) is 10.6. The zero-order valence-corrected chi connectivity index (χ0v) is 19.5. The largest absolute Gasteiger partial charge is 0.388 e. The van der Waals surface area contributed by atoms with Crippen molar-refractivity contribution in [2.75, 3.05) is 27.2 Å². The monoisotopic (exact) mass is 438 g/mol. The number of benzene rings is 2. The Bertz CT molecular complexity index is 794. The van der Waals surface area contributed by atoms with Gasteiger partial charge in [0.2, 0.25) is 0 Å². The summed E-state index contributed by atoms with van der Waals surface area (Å²) >= 11 is 0. The summed E-state index contributed by atoms with van der Waals surface area (Å²) in [5.74, 6) is 0.132. The number of likely N-dealkylation sites (tertiary alicyclic amines) is 1. The molecule has 4 rings (SSSR count). The van der Waals surface area contributed by atoms with E-state index >= 15 is 0 Å². The van der Waals surface area contributed by atoms with Crippen LogP contribution in [0.5, 0.6) is 0 Å². The molecule has 1 aliphatic heterocycles. The van der Waals surface area contributed by atoms with E-state index in [2.05, 4.69) is 73.3 Å². The topological polar surface area (TPSA) is 26.7 Å². The lowest BCUT2D eigenvalue weighted by Gasteiger charge is -2.48. The van der Waals surface area contributed by atoms with Crippen LogP contribution >= 0.6 is 24.8 Å². The van der Waals surface area contributed by atoms with Crippen molar-refractivity contribution >= 4 is 35.6 Å². The summed E-state index contributed by atoms with van der Waals surface area (Å²) in [6.45, 7) is 4.44. The fourth-order valence-electron chi connectivity index (χ4n) is 5.54. The van der Waals surface area contributed by atoms with Gasteiger partial charge in [-0.05, 0) is 49.7 Å². The van der Waals surface area contributed by atoms with Crippen LogP contribution in [0.15, 0.2) is 42.5 Å². The van der Waals surface area contributed by atoms with Gasteiger partial charge < -0.3 is 10.0 Å². The lowest BCUT2D eigenvalue weighted by molar-refractivity contribution is -0.0843. The van der Waals surface area contributed by atoms with Crippen molar-refractivity contribution < 1.29 is 5.11 Å². The Labute approximate surface area is 188 Å². The van der Waals surface area contributed by atoms with Gasteiger partial charge in [-0.2, -0.15) is 0 Å². The number of hydrogen-bond acceptors (Lipinski definition) is 3. The normalized spacial score (nSPS) is 28.7. The van der Waals surface area contributed by atoms with E-state index < -0.39 is 5.60 Å². The smallest absolute Gasteiger partial charge is 0.0867 e. The highest BCUT2D eigenvalue weighted by molar-refractivity contribution is 5.86. The summed E-state index contributed by atoms with van der Waals surface area (Å²) in [5.41, 5.74) is 0.648. The third-order valence-corrected chi connectivity index (χ3v) is 7.29. The van der Waals surface area contributed by atoms with Crippen LogP contribution in [0.3, 0.4) is 0 Å². The van der Waals surface area contributed by atoms with Crippen molar-refractivity contribution in [3.05, 3.63) is 48.0 Å². The third kappa shape index (κ3) is 4.60. The predicted molar refractivity (Wildman–Crippen MR) is 128 cm³/mol. The molecule has 0 bridgehead atoms. The SMILES string of the molecule is CC(c1cccc2ccccc12)C1(O)CCCCC1N1CC[C@H](N(C)C)C1.Cl.Cl. The minimum Gasteiger partial charge on any atom is -0.388 e. The molecule has 2 fully saturated rings. The Morgan fingerprint density at radius 1 is 1.03 bits per heavy atom. The summed E-state index contributed by atoms with van der Waals surface area (Å²) in [7, 11) is 4.36. The molecule has 29 heavy (non-hydrogen) atoms. The number of nitrogens with zero attached hydrogens (tertiary/aromatic N) is 2. The van der Waals surface area contributed by atoms with Crippen LogP contribution in [-0.4, -0.2) is 59.8 Å². The maximum absolute atomic E-state index is 12.0. The summed E-state index contributed by atoms with van der Waals surface area (Å²) in [4.78, 5) is 4.93. The molecule has 1 aliphatic carbocycles. The number of fused-ring (bicyclic) bond motifs is 1. The van der Waals surface area contributed by atoms with Gasteiger partial charge in [-0.1, -0.05) is 62.2 Å². The van der Waals surface area contributed by atoms with Gasteiger partial charge in [-0.3, -0.25) is 4.90 Å². The summed E-state index contributed by atoms with van der Waals surface area (Å²) in [6.07, 6.45) is 5.60. The van der Waals surface area contributed by atoms with E-state index in [-0.39, 0.29) is 36.8 Å². The summed E-state index contributed by atoms with van der Waals surface area (Å²) < 4.78 is 0. The number of rotatable bonds is 4. The molecule has 5 heteroatoms. The Hall–Kier alpha value is -0.840. The average Bonchev–Trinajstić information content (AvgIpc) is 3.17. The molecule has 1 N–H and O–H groups in total. The molecule has 1 saturated carbocycles. The van der Waals surface area contributed by atoms with Gasteiger partial charge in [0.15, 0.2) is 0 Å². The summed E-state index contributed by atoms with van der Waals surface area (Å²) in [6, 6.07) is 16.0. The molecule has 2 aromatic rings. The van der Waals surface area contributed by atoms with Crippen molar-refractivity contribution in [1.29, 1.82) is 0 Å². The molecule has 4 atom stereocenters. The van der Waals surface area contributed by atoms with E-state index in [1.165, 1.54) is 29.2 Å². The first kappa shape index (κ1) is 24.4. The first-order chi connectivity index (χ1) is 13.0. The lowest BCUT2D eigenvalue weighted by atomic mass is 9.69. The second kappa shape index (κ2) is 9.98. The van der Waals surface area contributed by atoms with Crippen LogP contribution in [0.25, 0.3) is 10.8 Å². The second-order valence-corrected chi connectivity index (χ2v) is 8.94. The molecular formula is C24H36Cl2N2O. The van der Waals surface area contributed by atoms with Gasteiger partial charge >= 0.3 is 0 Å². The summed E-state index contributed by atoms with van der Waals surface area (Å²) in [5, 5.41) is 14.6. The molecular weight excluding hydrogens is 403 g/mol. The Balaban J connectivity index is 0.00000150. The maximum atomic E-state index is 12.0. The van der Waals surface area contributed by atoms with Gasteiger partial charge in [0, 0.05) is 31.1 Å². The molecule has 162 valence electrons. The van der Waals surface area contributed by atoms with Gasteiger partial charge in [-0.15, -0.1) is 24.8 Å². The quantitative estimate of drug-likeness (QED) is 0.719. The van der Waals surface area contributed by atoms with Crippen LogP contribution in [0, 0.1) is 0 Å². The minimum atomic E-state index is -0.649. The fourth-order valence-corrected chi connectivity index (χ4v) is 5.54. The molecule has 0 aromatic heterocycles. The highest BCUT2D eigenvalue weighted by Crippen LogP contribution is 2.44. The van der Waals surface area contributed by atoms with Gasteiger partial charge in [0.25, 0.3) is 0 Å². The van der Waals surface area contributed by atoms with Crippen molar-refractivity contribution in [3.63, 3.8) is 0 Å². The Morgan fingerprint density at radius 3 is 2.48 bits per heavy atom. The average molecular weight is 439 g/mol. The Morgan fingerprint density at radius 2 is 1.76 bits per heavy atom. The molecule has 2 aromatic carbocycles. The van der Waals surface area contributed by atoms with Crippen LogP contribution in [0.1, 0.15) is 50.5 Å². The van der Waals surface area contributed by atoms with E-state index in [9.17, 15) is 5.11 Å². The first-order valence-corrected chi connectivity index (χ1v) is 10.6. The van der Waals surface area contributed by atoms with Crippen LogP contribution < -0.4 is 0 Å². The standard InChI is InChI=1S/C24H34N2O.2ClH/c1-18(21-12-8-10-19-9-4-5-11-22(19)21)24(27)15-7-6-13-23(24)26-16-14-20(17-26)25(2)3;;/h4-5,8-12,18,20,23,27H,6-7,13-17H2,1-3H3;2*1H/t18?,20-,23?,24?;;/m0../s1. The molecule has 0 radical (unpaired) electrons. The number of aliphatic hydroxyl groups is 1. The molecule has 3 unspecified atom stereocenters. The van der Waals surface area contributed by atoms with Crippen molar-refractivity contribution in [2.45, 2.75) is 62.6 Å². The van der Waals surface area contributed by atoms with E-state index in [4.69, 9.17) is 0 Å². The third-order valence-electron chi connectivity index (χ3n) is 7.29. The molecule has 3 nitrogen and oxygen atoms in total. The van der Waals surface area contributed by atoms with Gasteiger partial charge in [-0.25, -0.2) is 0 Å². The zero-order valence-electron chi connectivity index (χ0n) is 17.9. The van der Waals surface area contributed by atoms with Crippen LogP contribution in [0.4, 0.5) is 0 Å². The van der Waals surface area contributed by atoms with Crippen molar-refractivity contribution in [3.8, 4) is 0 Å². The second-order valence-electron chi connectivity index (χ2n) is 8.94. The zero-order chi connectivity index (χ0) is 19.0. The number of likely N-dealkylation sites (N-methyl/N-ethyl adjacent to an activating group) is 1. The van der Waals surface area contributed by atoms with Crippen LogP contribution in [-0.2, 0) is 0 Å². The van der Waals surface area contributed by atoms with E-state index in [0.717, 1.165) is 32.4 Å². The van der Waals surface area contributed by atoms with E-state index in [1.54, 1.807) is 0 Å². The van der Waals surface area contributed by atoms with Crippen molar-refractivity contribution in [2.24, 2.45) is 0 Å². The van der Waals surface area contributed by atoms with Crippen molar-refractivity contribution in [1.82, 2.24) is 9.80 Å². The maximum Gasteiger partial charge on any atom is 0.0867 e. The van der Waals surface area contributed by atoms with E-state index in [0.29, 0.717) is 6.04 Å². The fraction of sp³-hybridized carbons (Fsp3) is 0.583. The van der Waals surface area contributed by atoms with Crippen LogP contribution in [0.2, 0.25) is 0 Å². The molecule has 1 heterocycles. The predicted octanol–water partition coefficient (Wildman–Crippen LogP) is 5.10. The highest BCUT2D eigenvalue weighted by Gasteiger charge is 2.48. The minimum absolute atomic E-state index is 0. The molecule has 1 saturated heterocycles. The molecule has 0 spiro atoms. The van der Waals surface area contributed by atoms with E-state index in [1.807, 2.05) is 0 Å². The lowest BCUT2D eigenvalue weighted by Crippen LogP contribution is -2.57. The van der Waals surface area contributed by atoms with Gasteiger partial charge in [0.05, 0.1) is 5.60 Å². The Kier molecular flexibility index (Phi) is 8.41. The number of hydrogen-bond donors (Lipinski definition) is 1. The molecule has 0 amide bonds. The number of halogens is 2. The molecule has 2 aliphatic rings. The highest BCUT2D eigenvalue weighted by atomic mass is 35.5. The van der Waals surface area contributed by atoms with Gasteiger partial charge in [0.1, 0.15) is 0 Å².